The van der Waals surface area contributed by atoms with Crippen molar-refractivity contribution in [3.8, 4) is 23.0 Å². The normalized spacial score (nSPS) is 16.1. The lowest BCUT2D eigenvalue weighted by atomic mass is 10.1. The third-order valence-corrected chi connectivity index (χ3v) is 4.93. The van der Waals surface area contributed by atoms with E-state index in [0.29, 0.717) is 34.5 Å². The van der Waals surface area contributed by atoms with Gasteiger partial charge < -0.3 is 13.8 Å². The molecule has 0 N–H and O–H groups in total. The maximum absolute atomic E-state index is 14.1. The van der Waals surface area contributed by atoms with Crippen molar-refractivity contribution in [3.63, 3.8) is 0 Å². The highest BCUT2D eigenvalue weighted by atomic mass is 35.5. The van der Waals surface area contributed by atoms with Crippen molar-refractivity contribution in [2.24, 2.45) is 0 Å². The first-order valence-electron chi connectivity index (χ1n) is 8.69. The van der Waals surface area contributed by atoms with E-state index in [-0.39, 0.29) is 18.5 Å². The van der Waals surface area contributed by atoms with Crippen molar-refractivity contribution in [2.45, 2.75) is 19.3 Å². The zero-order valence-corrected chi connectivity index (χ0v) is 15.3. The number of aromatic nitrogens is 4. The highest BCUT2D eigenvalue weighted by molar-refractivity contribution is 6.30. The second kappa shape index (κ2) is 6.85. The molecule has 2 aromatic heterocycles. The Kier molecular flexibility index (Phi) is 4.18. The molecule has 0 spiro atoms. The lowest BCUT2D eigenvalue weighted by molar-refractivity contribution is 0.00126. The lowest BCUT2D eigenvalue weighted by Gasteiger charge is -2.25. The fourth-order valence-corrected chi connectivity index (χ4v) is 3.48. The summed E-state index contributed by atoms with van der Waals surface area (Å²) in [5, 5.41) is 4.62. The average Bonchev–Trinajstić information content (AvgIpc) is 3.35. The molecule has 3 heterocycles. The van der Waals surface area contributed by atoms with Gasteiger partial charge in [0.25, 0.3) is 5.89 Å². The van der Waals surface area contributed by atoms with Crippen molar-refractivity contribution < 1.29 is 13.7 Å². The van der Waals surface area contributed by atoms with Crippen LogP contribution in [0.5, 0.6) is 0 Å². The van der Waals surface area contributed by atoms with Gasteiger partial charge in [0.15, 0.2) is 5.69 Å². The van der Waals surface area contributed by atoms with Crippen LogP contribution in [0.3, 0.4) is 0 Å². The lowest BCUT2D eigenvalue weighted by Crippen LogP contribution is -2.21. The summed E-state index contributed by atoms with van der Waals surface area (Å²) in [5.74, 6) is 0.455. The quantitative estimate of drug-likeness (QED) is 0.503. The van der Waals surface area contributed by atoms with E-state index in [0.717, 1.165) is 11.3 Å². The topological polar surface area (TPSA) is 66.0 Å². The molecule has 6 nitrogen and oxygen atoms in total. The van der Waals surface area contributed by atoms with Crippen LogP contribution in [-0.2, 0) is 17.9 Å². The zero-order valence-electron chi connectivity index (χ0n) is 14.5. The summed E-state index contributed by atoms with van der Waals surface area (Å²) in [5.41, 5.74) is 2.66. The molecule has 28 heavy (non-hydrogen) atoms. The Morgan fingerprint density at radius 1 is 1.14 bits per heavy atom. The van der Waals surface area contributed by atoms with Gasteiger partial charge in [-0.05, 0) is 18.2 Å². The predicted molar refractivity (Wildman–Crippen MR) is 99.9 cm³/mol. The molecule has 0 saturated heterocycles. The Hall–Kier alpha value is -3.03. The van der Waals surface area contributed by atoms with E-state index in [1.165, 1.54) is 6.07 Å². The fraction of sp³-hybridized carbons (Fsp3) is 0.150. The van der Waals surface area contributed by atoms with Crippen LogP contribution in [0.1, 0.15) is 17.4 Å². The minimum atomic E-state index is -0.375. The van der Waals surface area contributed by atoms with Crippen LogP contribution in [0.25, 0.3) is 23.0 Å². The molecule has 1 aliphatic rings. The van der Waals surface area contributed by atoms with Crippen LogP contribution >= 0.6 is 11.6 Å². The molecule has 0 unspecified atom stereocenters. The fourth-order valence-electron chi connectivity index (χ4n) is 3.29. The maximum atomic E-state index is 14.1. The molecule has 0 aliphatic carbocycles. The molecule has 1 atom stereocenters. The molecule has 4 aromatic rings. The van der Waals surface area contributed by atoms with Gasteiger partial charge in [0.2, 0.25) is 5.82 Å². The standard InChI is InChI=1S/C20H14ClFN4O2/c21-13-5-3-4-12(8-13)19-24-20(28-25-19)18-16-10-27-17(9-26(16)11-23-18)14-6-1-2-7-15(14)22/h1-8,11,17H,9-10H2/t17-/m0/s1. The van der Waals surface area contributed by atoms with Gasteiger partial charge in [-0.2, -0.15) is 4.98 Å². The number of ether oxygens (including phenoxy) is 1. The van der Waals surface area contributed by atoms with Gasteiger partial charge in [-0.3, -0.25) is 0 Å². The summed E-state index contributed by atoms with van der Waals surface area (Å²) in [6, 6.07) is 13.8. The number of hydrogen-bond donors (Lipinski definition) is 0. The van der Waals surface area contributed by atoms with Crippen LogP contribution in [0.4, 0.5) is 4.39 Å². The van der Waals surface area contributed by atoms with Gasteiger partial charge in [-0.25, -0.2) is 9.37 Å². The molecule has 0 radical (unpaired) electrons. The second-order valence-electron chi connectivity index (χ2n) is 6.45. The highest BCUT2D eigenvalue weighted by Crippen LogP contribution is 2.32. The Balaban J connectivity index is 1.44. The number of nitrogens with zero attached hydrogens (tertiary/aromatic N) is 4. The Labute approximate surface area is 164 Å². The molecule has 0 bridgehead atoms. The van der Waals surface area contributed by atoms with E-state index in [2.05, 4.69) is 15.1 Å². The van der Waals surface area contributed by atoms with E-state index in [9.17, 15) is 4.39 Å². The first-order chi connectivity index (χ1) is 13.7. The van der Waals surface area contributed by atoms with Crippen molar-refractivity contribution >= 4 is 11.6 Å². The van der Waals surface area contributed by atoms with Crippen molar-refractivity contribution in [2.75, 3.05) is 0 Å². The van der Waals surface area contributed by atoms with Crippen LogP contribution in [0, 0.1) is 5.82 Å². The molecular weight excluding hydrogens is 383 g/mol. The van der Waals surface area contributed by atoms with Gasteiger partial charge in [-0.15, -0.1) is 0 Å². The van der Waals surface area contributed by atoms with Crippen molar-refractivity contribution in [3.05, 3.63) is 77.0 Å². The van der Waals surface area contributed by atoms with Crippen LogP contribution < -0.4 is 0 Å². The van der Waals surface area contributed by atoms with Gasteiger partial charge >= 0.3 is 0 Å². The minimum absolute atomic E-state index is 0.267. The van der Waals surface area contributed by atoms with Crippen molar-refractivity contribution in [1.29, 1.82) is 0 Å². The predicted octanol–water partition coefficient (Wildman–Crippen LogP) is 4.66. The summed E-state index contributed by atoms with van der Waals surface area (Å²) in [6.45, 7) is 0.724. The maximum Gasteiger partial charge on any atom is 0.278 e. The summed E-state index contributed by atoms with van der Waals surface area (Å²) in [4.78, 5) is 8.85. The van der Waals surface area contributed by atoms with E-state index in [1.54, 1.807) is 36.7 Å². The van der Waals surface area contributed by atoms with Gasteiger partial charge in [-0.1, -0.05) is 47.1 Å². The number of imidazole rings is 1. The monoisotopic (exact) mass is 396 g/mol. The molecule has 140 valence electrons. The number of rotatable bonds is 3. The molecule has 0 saturated carbocycles. The molecule has 1 aliphatic heterocycles. The first kappa shape index (κ1) is 17.1. The Morgan fingerprint density at radius 3 is 2.89 bits per heavy atom. The summed E-state index contributed by atoms with van der Waals surface area (Å²) in [6.07, 6.45) is 1.31. The Bertz CT molecular complexity index is 1160. The molecule has 5 rings (SSSR count). The SMILES string of the molecule is Fc1ccccc1[C@@H]1Cn2cnc(-c3nc(-c4cccc(Cl)c4)no3)c2CO1. The van der Waals surface area contributed by atoms with Crippen LogP contribution in [0.15, 0.2) is 59.4 Å². The van der Waals surface area contributed by atoms with E-state index < -0.39 is 0 Å². The number of benzene rings is 2. The van der Waals surface area contributed by atoms with Crippen LogP contribution in [-0.4, -0.2) is 19.7 Å². The van der Waals surface area contributed by atoms with E-state index >= 15 is 0 Å². The smallest absolute Gasteiger partial charge is 0.278 e. The summed E-state index contributed by atoms with van der Waals surface area (Å²) < 4.78 is 27.3. The zero-order chi connectivity index (χ0) is 19.1. The Morgan fingerprint density at radius 2 is 2.04 bits per heavy atom. The highest BCUT2D eigenvalue weighted by Gasteiger charge is 2.27. The molecule has 8 heteroatoms. The largest absolute Gasteiger partial charge is 0.365 e. The van der Waals surface area contributed by atoms with Gasteiger partial charge in [0, 0.05) is 16.1 Å². The molecule has 0 fully saturated rings. The van der Waals surface area contributed by atoms with E-state index in [1.807, 2.05) is 16.7 Å². The summed E-state index contributed by atoms with van der Waals surface area (Å²) in [7, 11) is 0. The number of fused-ring (bicyclic) bond motifs is 1. The van der Waals surface area contributed by atoms with E-state index in [4.69, 9.17) is 20.9 Å². The minimum Gasteiger partial charge on any atom is -0.365 e. The first-order valence-corrected chi connectivity index (χ1v) is 9.07. The molecular formula is C20H14ClFN4O2. The van der Waals surface area contributed by atoms with Gasteiger partial charge in [0.05, 0.1) is 25.2 Å². The second-order valence-corrected chi connectivity index (χ2v) is 6.88. The molecule has 2 aromatic carbocycles. The van der Waals surface area contributed by atoms with Gasteiger partial charge in [0.1, 0.15) is 11.9 Å². The van der Waals surface area contributed by atoms with Crippen molar-refractivity contribution in [1.82, 2.24) is 19.7 Å². The molecule has 0 amide bonds. The average molecular weight is 397 g/mol. The third kappa shape index (κ3) is 2.98. The summed E-state index contributed by atoms with van der Waals surface area (Å²) >= 11 is 6.03. The number of halogens is 2. The van der Waals surface area contributed by atoms with Crippen LogP contribution in [0.2, 0.25) is 5.02 Å². The number of hydrogen-bond acceptors (Lipinski definition) is 5. The third-order valence-electron chi connectivity index (χ3n) is 4.69.